The zero-order valence-corrected chi connectivity index (χ0v) is 19.7. The van der Waals surface area contributed by atoms with Gasteiger partial charge in [0.05, 0.1) is 23.2 Å². The van der Waals surface area contributed by atoms with Crippen molar-refractivity contribution < 1.29 is 9.90 Å². The fourth-order valence-electron chi connectivity index (χ4n) is 8.10. The molecule has 0 radical (unpaired) electrons. The maximum atomic E-state index is 12.8. The van der Waals surface area contributed by atoms with Crippen LogP contribution in [-0.4, -0.2) is 45.1 Å². The Morgan fingerprint density at radius 2 is 1.88 bits per heavy atom. The van der Waals surface area contributed by atoms with Gasteiger partial charge in [-0.05, 0) is 84.6 Å². The van der Waals surface area contributed by atoms with Crippen molar-refractivity contribution in [3.05, 3.63) is 53.9 Å². The van der Waals surface area contributed by atoms with Crippen LogP contribution in [-0.2, 0) is 4.79 Å². The Hall–Kier alpha value is -2.53. The van der Waals surface area contributed by atoms with Crippen molar-refractivity contribution in [2.75, 3.05) is 7.05 Å². The van der Waals surface area contributed by atoms with Gasteiger partial charge in [0, 0.05) is 24.9 Å². The highest BCUT2D eigenvalue weighted by Crippen LogP contribution is 2.64. The fraction of sp³-hybridized carbons (Fsp3) is 0.536. The molecule has 0 saturated heterocycles. The van der Waals surface area contributed by atoms with Crippen molar-refractivity contribution in [2.45, 2.75) is 58.1 Å². The predicted octanol–water partition coefficient (Wildman–Crippen LogP) is 4.62. The Morgan fingerprint density at radius 1 is 1.09 bits per heavy atom. The molecule has 3 saturated carbocycles. The van der Waals surface area contributed by atoms with Crippen LogP contribution in [0.15, 0.2) is 48.3 Å². The fourth-order valence-corrected chi connectivity index (χ4v) is 8.10. The van der Waals surface area contributed by atoms with Crippen molar-refractivity contribution in [1.29, 1.82) is 0 Å². The van der Waals surface area contributed by atoms with E-state index in [-0.39, 0.29) is 28.9 Å². The second kappa shape index (κ2) is 7.23. The summed E-state index contributed by atoms with van der Waals surface area (Å²) < 4.78 is 0. The van der Waals surface area contributed by atoms with E-state index in [0.29, 0.717) is 17.8 Å². The van der Waals surface area contributed by atoms with E-state index in [4.69, 9.17) is 0 Å². The second-order valence-electron chi connectivity index (χ2n) is 11.3. The van der Waals surface area contributed by atoms with Crippen LogP contribution in [0.3, 0.4) is 0 Å². The number of aromatic nitrogens is 2. The summed E-state index contributed by atoms with van der Waals surface area (Å²) in [7, 11) is 1.96. The smallest absolute Gasteiger partial charge is 0.246 e. The lowest BCUT2D eigenvalue weighted by Gasteiger charge is -2.60. The van der Waals surface area contributed by atoms with Gasteiger partial charge in [0.2, 0.25) is 5.91 Å². The molecule has 7 atom stereocenters. The van der Waals surface area contributed by atoms with Gasteiger partial charge in [-0.2, -0.15) is 0 Å². The lowest BCUT2D eigenvalue weighted by atomic mass is 9.47. The number of rotatable bonds is 1. The molecule has 6 rings (SSSR count). The van der Waals surface area contributed by atoms with Crippen molar-refractivity contribution in [2.24, 2.45) is 28.6 Å². The van der Waals surface area contributed by atoms with Crippen LogP contribution in [0.2, 0.25) is 0 Å². The number of hydrogen-bond donors (Lipinski definition) is 1. The number of carbonyl (C=O) groups is 1. The molecule has 172 valence electrons. The molecule has 1 amide bonds. The van der Waals surface area contributed by atoms with Crippen molar-refractivity contribution in [1.82, 2.24) is 14.9 Å². The number of carbonyl (C=O) groups excluding carboxylic acids is 1. The molecule has 0 unspecified atom stereocenters. The standard InChI is InChI=1S/C28H33N3O2/c1-27-10-8-21-19(20(27)5-7-24(27)32)16-18(26-28(21,2)11-9-25(33)31(26)3)14-17-4-6-22-23(15-17)30-13-12-29-22/h4,6,9,11-15,19-21,24,26,32H,5,7-8,10,16H2,1-3H3/t19-,20-,21-,24-,26+,27-,28+/m0/s1. The molecule has 5 nitrogen and oxygen atoms in total. The molecule has 1 N–H and O–H groups in total. The van der Waals surface area contributed by atoms with Gasteiger partial charge in [-0.1, -0.05) is 32.1 Å². The minimum absolute atomic E-state index is 0.0219. The van der Waals surface area contributed by atoms with Gasteiger partial charge in [0.15, 0.2) is 0 Å². The average Bonchev–Trinajstić information content (AvgIpc) is 3.11. The molecular formula is C28H33N3O2. The SMILES string of the molecule is CN1C(=O)C=C[C@]2(C)[C@H]3CC[C@]4(C)[C@@H](O)CC[C@H]4[C@@H]3CC(=Cc3ccc4nccnc4c3)[C@@H]12. The third-order valence-electron chi connectivity index (χ3n) is 9.76. The first-order chi connectivity index (χ1) is 15.8. The first kappa shape index (κ1) is 21.0. The molecule has 0 bridgehead atoms. The minimum Gasteiger partial charge on any atom is -0.393 e. The van der Waals surface area contributed by atoms with E-state index < -0.39 is 0 Å². The van der Waals surface area contributed by atoms with Crippen molar-refractivity contribution >= 4 is 23.0 Å². The molecule has 2 heterocycles. The van der Waals surface area contributed by atoms with E-state index in [2.05, 4.69) is 48.1 Å². The predicted molar refractivity (Wildman–Crippen MR) is 129 cm³/mol. The van der Waals surface area contributed by atoms with E-state index in [1.54, 1.807) is 18.5 Å². The number of aliphatic hydroxyl groups is 1. The number of hydrogen-bond acceptors (Lipinski definition) is 4. The minimum atomic E-state index is -0.188. The summed E-state index contributed by atoms with van der Waals surface area (Å²) in [6.07, 6.45) is 14.8. The molecule has 3 fully saturated rings. The lowest BCUT2D eigenvalue weighted by molar-refractivity contribution is -0.135. The molecule has 5 heteroatoms. The molecule has 1 aromatic carbocycles. The molecule has 33 heavy (non-hydrogen) atoms. The molecule has 3 aliphatic carbocycles. The second-order valence-corrected chi connectivity index (χ2v) is 11.3. The number of benzene rings is 1. The Bertz CT molecular complexity index is 1190. The maximum absolute atomic E-state index is 12.8. The summed E-state index contributed by atoms with van der Waals surface area (Å²) in [5.74, 6) is 1.67. The number of fused-ring (bicyclic) bond motifs is 6. The average molecular weight is 444 g/mol. The molecule has 4 aliphatic rings. The highest BCUT2D eigenvalue weighted by Gasteiger charge is 2.61. The van der Waals surface area contributed by atoms with Crippen molar-refractivity contribution in [3.8, 4) is 0 Å². The summed E-state index contributed by atoms with van der Waals surface area (Å²) in [5, 5.41) is 10.9. The zero-order valence-electron chi connectivity index (χ0n) is 19.7. The van der Waals surface area contributed by atoms with E-state index in [1.807, 2.05) is 18.0 Å². The van der Waals surface area contributed by atoms with E-state index in [9.17, 15) is 9.90 Å². The quantitative estimate of drug-likeness (QED) is 0.698. The van der Waals surface area contributed by atoms with Crippen LogP contribution in [0.4, 0.5) is 0 Å². The van der Waals surface area contributed by atoms with Gasteiger partial charge >= 0.3 is 0 Å². The van der Waals surface area contributed by atoms with Gasteiger partial charge in [-0.3, -0.25) is 14.8 Å². The van der Waals surface area contributed by atoms with Gasteiger partial charge in [0.25, 0.3) is 0 Å². The molecule has 2 aromatic rings. The first-order valence-electron chi connectivity index (χ1n) is 12.4. The van der Waals surface area contributed by atoms with E-state index in [1.165, 1.54) is 5.57 Å². The Kier molecular flexibility index (Phi) is 4.61. The summed E-state index contributed by atoms with van der Waals surface area (Å²) in [6.45, 7) is 4.68. The summed E-state index contributed by atoms with van der Waals surface area (Å²) >= 11 is 0. The van der Waals surface area contributed by atoms with Gasteiger partial charge in [-0.15, -0.1) is 0 Å². The number of aliphatic hydroxyl groups excluding tert-OH is 1. The van der Waals surface area contributed by atoms with E-state index >= 15 is 0 Å². The highest BCUT2D eigenvalue weighted by atomic mass is 16.3. The molecule has 1 aromatic heterocycles. The third kappa shape index (κ3) is 2.97. The van der Waals surface area contributed by atoms with Crippen LogP contribution in [0, 0.1) is 28.6 Å². The Balaban J connectivity index is 1.47. The Morgan fingerprint density at radius 3 is 2.70 bits per heavy atom. The van der Waals surface area contributed by atoms with Crippen LogP contribution in [0.5, 0.6) is 0 Å². The monoisotopic (exact) mass is 443 g/mol. The topological polar surface area (TPSA) is 66.3 Å². The molecular weight excluding hydrogens is 410 g/mol. The number of nitrogens with zero attached hydrogens (tertiary/aromatic N) is 3. The highest BCUT2D eigenvalue weighted by molar-refractivity contribution is 5.89. The van der Waals surface area contributed by atoms with Crippen LogP contribution >= 0.6 is 0 Å². The number of amides is 1. The first-order valence-corrected chi connectivity index (χ1v) is 12.4. The Labute approximate surface area is 195 Å². The van der Waals surface area contributed by atoms with Crippen LogP contribution < -0.4 is 0 Å². The molecule has 0 spiro atoms. The lowest BCUT2D eigenvalue weighted by Crippen LogP contribution is -2.60. The van der Waals surface area contributed by atoms with Crippen molar-refractivity contribution in [3.63, 3.8) is 0 Å². The molecule has 1 aliphatic heterocycles. The normalized spacial score (nSPS) is 41.2. The van der Waals surface area contributed by atoms with E-state index in [0.717, 1.165) is 48.7 Å². The maximum Gasteiger partial charge on any atom is 0.246 e. The van der Waals surface area contributed by atoms with Gasteiger partial charge in [0.1, 0.15) is 0 Å². The van der Waals surface area contributed by atoms with Crippen LogP contribution in [0.25, 0.3) is 17.1 Å². The summed E-state index contributed by atoms with van der Waals surface area (Å²) in [5.41, 5.74) is 4.15. The summed E-state index contributed by atoms with van der Waals surface area (Å²) in [6, 6.07) is 6.30. The summed E-state index contributed by atoms with van der Waals surface area (Å²) in [4.78, 5) is 23.6. The number of likely N-dealkylation sites (N-methyl/N-ethyl adjacent to an activating group) is 1. The zero-order chi connectivity index (χ0) is 23.0. The van der Waals surface area contributed by atoms with Gasteiger partial charge in [-0.25, -0.2) is 0 Å². The largest absolute Gasteiger partial charge is 0.393 e. The third-order valence-corrected chi connectivity index (χ3v) is 9.76. The van der Waals surface area contributed by atoms with Crippen LogP contribution in [0.1, 0.15) is 51.5 Å². The van der Waals surface area contributed by atoms with Gasteiger partial charge < -0.3 is 10.0 Å².